The van der Waals surface area contributed by atoms with E-state index in [9.17, 15) is 4.57 Å². The summed E-state index contributed by atoms with van der Waals surface area (Å²) in [6.45, 7) is 5.08. The average Bonchev–Trinajstić information content (AvgIpc) is 2.01. The highest BCUT2D eigenvalue weighted by atomic mass is 31.1. The zero-order valence-corrected chi connectivity index (χ0v) is 8.10. The van der Waals surface area contributed by atoms with Crippen molar-refractivity contribution in [3.05, 3.63) is 0 Å². The number of hydrogen-bond acceptors (Lipinski definition) is 3. The molecule has 3 nitrogen and oxygen atoms in total. The van der Waals surface area contributed by atoms with Gasteiger partial charge in [0.05, 0.1) is 0 Å². The maximum absolute atomic E-state index is 10.8. The van der Waals surface area contributed by atoms with Crippen molar-refractivity contribution in [2.24, 2.45) is 0 Å². The topological polar surface area (TPSA) is 35.5 Å². The standard InChI is InChI=1S/C7H16O3P/c1-3-5-7-10-11(8)9-6-4-2/h3-7H2,1-2H3/q+1. The highest BCUT2D eigenvalue weighted by Crippen LogP contribution is 2.23. The molecule has 0 fully saturated rings. The highest BCUT2D eigenvalue weighted by Gasteiger charge is 2.17. The number of unbranched alkanes of at least 4 members (excludes halogenated alkanes) is 1. The SMILES string of the molecule is CCCCO[P+](=O)OCCC. The Bertz CT molecular complexity index is 106. The van der Waals surface area contributed by atoms with Gasteiger partial charge < -0.3 is 0 Å². The van der Waals surface area contributed by atoms with Gasteiger partial charge in [0, 0.05) is 4.57 Å². The molecule has 0 amide bonds. The van der Waals surface area contributed by atoms with E-state index < -0.39 is 8.25 Å². The largest absolute Gasteiger partial charge is 0.697 e. The Balaban J connectivity index is 3.09. The van der Waals surface area contributed by atoms with Gasteiger partial charge in [-0.25, -0.2) is 0 Å². The van der Waals surface area contributed by atoms with Crippen molar-refractivity contribution < 1.29 is 13.6 Å². The first-order valence-electron chi connectivity index (χ1n) is 4.04. The van der Waals surface area contributed by atoms with Crippen LogP contribution in [0.15, 0.2) is 0 Å². The molecule has 0 saturated heterocycles. The molecule has 0 aromatic heterocycles. The van der Waals surface area contributed by atoms with E-state index in [1.807, 2.05) is 6.92 Å². The summed E-state index contributed by atoms with van der Waals surface area (Å²) in [6, 6.07) is 0. The minimum Gasteiger partial charge on any atom is -0.119 e. The fourth-order valence-corrected chi connectivity index (χ4v) is 1.17. The van der Waals surface area contributed by atoms with E-state index in [0.717, 1.165) is 19.3 Å². The Hall–Kier alpha value is 0.0200. The summed E-state index contributed by atoms with van der Waals surface area (Å²) in [6.07, 6.45) is 2.87. The smallest absolute Gasteiger partial charge is 0.119 e. The molecular formula is C7H16O3P+. The summed E-state index contributed by atoms with van der Waals surface area (Å²) in [5.41, 5.74) is 0. The van der Waals surface area contributed by atoms with E-state index in [0.29, 0.717) is 13.2 Å². The van der Waals surface area contributed by atoms with Crippen molar-refractivity contribution in [2.75, 3.05) is 13.2 Å². The maximum Gasteiger partial charge on any atom is 0.697 e. The van der Waals surface area contributed by atoms with Gasteiger partial charge in [0.15, 0.2) is 0 Å². The predicted molar refractivity (Wildman–Crippen MR) is 44.7 cm³/mol. The molecule has 66 valence electrons. The molecule has 0 rings (SSSR count). The Kier molecular flexibility index (Phi) is 8.13. The Morgan fingerprint density at radius 3 is 2.27 bits per heavy atom. The zero-order chi connectivity index (χ0) is 8.53. The number of rotatable bonds is 7. The van der Waals surface area contributed by atoms with Gasteiger partial charge in [0.25, 0.3) is 0 Å². The van der Waals surface area contributed by atoms with Crippen LogP contribution in [0.1, 0.15) is 33.1 Å². The van der Waals surface area contributed by atoms with Gasteiger partial charge in [-0.15, -0.1) is 9.05 Å². The van der Waals surface area contributed by atoms with Crippen LogP contribution in [-0.4, -0.2) is 13.2 Å². The van der Waals surface area contributed by atoms with Crippen LogP contribution in [0.25, 0.3) is 0 Å². The van der Waals surface area contributed by atoms with E-state index in [1.165, 1.54) is 0 Å². The van der Waals surface area contributed by atoms with Gasteiger partial charge >= 0.3 is 8.25 Å². The van der Waals surface area contributed by atoms with Gasteiger partial charge in [-0.3, -0.25) is 0 Å². The van der Waals surface area contributed by atoms with E-state index in [1.54, 1.807) is 0 Å². The Morgan fingerprint density at radius 2 is 1.73 bits per heavy atom. The minimum atomic E-state index is -1.85. The average molecular weight is 179 g/mol. The van der Waals surface area contributed by atoms with E-state index >= 15 is 0 Å². The normalized spacial score (nSPS) is 11.6. The van der Waals surface area contributed by atoms with E-state index in [2.05, 4.69) is 6.92 Å². The minimum absolute atomic E-state index is 0.515. The van der Waals surface area contributed by atoms with Gasteiger partial charge in [0.2, 0.25) is 0 Å². The zero-order valence-electron chi connectivity index (χ0n) is 7.21. The van der Waals surface area contributed by atoms with E-state index in [-0.39, 0.29) is 0 Å². The monoisotopic (exact) mass is 179 g/mol. The van der Waals surface area contributed by atoms with Crippen molar-refractivity contribution >= 4 is 8.25 Å². The lowest BCUT2D eigenvalue weighted by Gasteiger charge is -1.88. The summed E-state index contributed by atoms with van der Waals surface area (Å²) < 4.78 is 20.5. The molecule has 0 aliphatic carbocycles. The van der Waals surface area contributed by atoms with Crippen LogP contribution in [0.2, 0.25) is 0 Å². The van der Waals surface area contributed by atoms with Crippen molar-refractivity contribution in [2.45, 2.75) is 33.1 Å². The van der Waals surface area contributed by atoms with Crippen molar-refractivity contribution in [1.29, 1.82) is 0 Å². The molecule has 0 aromatic carbocycles. The van der Waals surface area contributed by atoms with Gasteiger partial charge in [-0.2, -0.15) is 0 Å². The lowest BCUT2D eigenvalue weighted by molar-refractivity contribution is 0.223. The van der Waals surface area contributed by atoms with Gasteiger partial charge in [0.1, 0.15) is 13.2 Å². The molecular weight excluding hydrogens is 163 g/mol. The second-order valence-corrected chi connectivity index (χ2v) is 3.21. The fourth-order valence-electron chi connectivity index (χ4n) is 0.487. The third kappa shape index (κ3) is 7.92. The van der Waals surface area contributed by atoms with Crippen LogP contribution in [-0.2, 0) is 13.6 Å². The highest BCUT2D eigenvalue weighted by molar-refractivity contribution is 7.33. The molecule has 0 radical (unpaired) electrons. The van der Waals surface area contributed by atoms with Crippen molar-refractivity contribution in [1.82, 2.24) is 0 Å². The summed E-state index contributed by atoms with van der Waals surface area (Å²) in [5.74, 6) is 0. The fraction of sp³-hybridized carbons (Fsp3) is 1.00. The van der Waals surface area contributed by atoms with Crippen molar-refractivity contribution in [3.63, 3.8) is 0 Å². The van der Waals surface area contributed by atoms with Crippen LogP contribution in [0.5, 0.6) is 0 Å². The van der Waals surface area contributed by atoms with Crippen LogP contribution in [0, 0.1) is 0 Å². The third-order valence-corrected chi connectivity index (χ3v) is 1.88. The molecule has 1 unspecified atom stereocenters. The Morgan fingerprint density at radius 1 is 1.09 bits per heavy atom. The molecule has 0 bridgehead atoms. The molecule has 0 spiro atoms. The summed E-state index contributed by atoms with van der Waals surface area (Å²) in [5, 5.41) is 0. The van der Waals surface area contributed by atoms with Crippen LogP contribution < -0.4 is 0 Å². The molecule has 0 saturated carbocycles. The first kappa shape index (κ1) is 11.0. The lowest BCUT2D eigenvalue weighted by atomic mass is 10.4. The lowest BCUT2D eigenvalue weighted by Crippen LogP contribution is -1.89. The number of hydrogen-bond donors (Lipinski definition) is 0. The molecule has 4 heteroatoms. The summed E-state index contributed by atoms with van der Waals surface area (Å²) in [4.78, 5) is 0. The first-order chi connectivity index (χ1) is 5.31. The van der Waals surface area contributed by atoms with Crippen molar-refractivity contribution in [3.8, 4) is 0 Å². The molecule has 0 aromatic rings. The van der Waals surface area contributed by atoms with Crippen LogP contribution >= 0.6 is 8.25 Å². The second kappa shape index (κ2) is 8.12. The van der Waals surface area contributed by atoms with Crippen LogP contribution in [0.4, 0.5) is 0 Å². The van der Waals surface area contributed by atoms with Gasteiger partial charge in [-0.1, -0.05) is 20.3 Å². The Labute approximate surface area is 69.0 Å². The molecule has 0 aliphatic rings. The van der Waals surface area contributed by atoms with Crippen LogP contribution in [0.3, 0.4) is 0 Å². The third-order valence-electron chi connectivity index (χ3n) is 1.10. The quantitative estimate of drug-likeness (QED) is 0.445. The molecule has 0 aliphatic heterocycles. The summed E-state index contributed by atoms with van der Waals surface area (Å²) >= 11 is 0. The maximum atomic E-state index is 10.8. The molecule has 1 atom stereocenters. The second-order valence-electron chi connectivity index (χ2n) is 2.24. The summed E-state index contributed by atoms with van der Waals surface area (Å²) in [7, 11) is -1.85. The van der Waals surface area contributed by atoms with E-state index in [4.69, 9.17) is 9.05 Å². The molecule has 0 heterocycles. The predicted octanol–water partition coefficient (Wildman–Crippen LogP) is 2.89. The molecule has 0 N–H and O–H groups in total. The molecule has 11 heavy (non-hydrogen) atoms. The first-order valence-corrected chi connectivity index (χ1v) is 5.13. The van der Waals surface area contributed by atoms with Gasteiger partial charge in [-0.05, 0) is 12.8 Å².